The molecular weight excluding hydrogens is 394 g/mol. The van der Waals surface area contributed by atoms with Crippen molar-refractivity contribution in [1.29, 1.82) is 0 Å². The maximum atomic E-state index is 13.4. The lowest BCUT2D eigenvalue weighted by Gasteiger charge is -2.37. The predicted octanol–water partition coefficient (Wildman–Crippen LogP) is 2.46. The van der Waals surface area contributed by atoms with E-state index in [1.54, 1.807) is 17.1 Å². The minimum Gasteiger partial charge on any atom is -0.396 e. The van der Waals surface area contributed by atoms with E-state index >= 15 is 0 Å². The smallest absolute Gasteiger partial charge is 0.257 e. The molecule has 2 aromatic heterocycles. The minimum atomic E-state index is -0.535. The summed E-state index contributed by atoms with van der Waals surface area (Å²) in [6.07, 6.45) is 11.1. The summed E-state index contributed by atoms with van der Waals surface area (Å²) in [6, 6.07) is 1.96. The largest absolute Gasteiger partial charge is 0.396 e. The number of nitrogens with one attached hydrogen (secondary N) is 1. The zero-order chi connectivity index (χ0) is 21.8. The molecule has 3 saturated carbocycles. The molecule has 1 amide bonds. The lowest BCUT2D eigenvalue weighted by atomic mass is 9.74. The molecule has 0 saturated heterocycles. The Hall–Kier alpha value is -2.19. The van der Waals surface area contributed by atoms with E-state index in [0.717, 1.165) is 38.5 Å². The number of hydrogen-bond donors (Lipinski definition) is 3. The Morgan fingerprint density at radius 2 is 2.16 bits per heavy atom. The van der Waals surface area contributed by atoms with Gasteiger partial charge in [0.15, 0.2) is 5.82 Å². The average molecular weight is 428 g/mol. The highest BCUT2D eigenvalue weighted by Crippen LogP contribution is 2.72. The first kappa shape index (κ1) is 20.7. The summed E-state index contributed by atoms with van der Waals surface area (Å²) in [5.74, 6) is 1.37. The Labute approximate surface area is 182 Å². The summed E-state index contributed by atoms with van der Waals surface area (Å²) in [7, 11) is 0. The van der Waals surface area contributed by atoms with E-state index in [0.29, 0.717) is 29.6 Å². The van der Waals surface area contributed by atoms with Crippen molar-refractivity contribution >= 4 is 5.91 Å². The molecule has 3 aliphatic carbocycles. The van der Waals surface area contributed by atoms with E-state index < -0.39 is 5.60 Å². The number of carbonyl (C=O) groups excluding carboxylic acids is 1. The van der Waals surface area contributed by atoms with Gasteiger partial charge in [-0.05, 0) is 61.8 Å². The molecule has 1 spiro atoms. The molecular formula is C23H33N5O3. The Bertz CT molecular complexity index is 951. The van der Waals surface area contributed by atoms with Crippen molar-refractivity contribution in [3.8, 4) is 5.82 Å². The fourth-order valence-corrected chi connectivity index (χ4v) is 6.85. The number of fused-ring (bicyclic) bond motifs is 1. The molecule has 0 radical (unpaired) electrons. The van der Waals surface area contributed by atoms with Gasteiger partial charge in [0.25, 0.3) is 5.91 Å². The zero-order valence-electron chi connectivity index (χ0n) is 18.4. The van der Waals surface area contributed by atoms with Gasteiger partial charge in [-0.3, -0.25) is 4.79 Å². The summed E-state index contributed by atoms with van der Waals surface area (Å²) >= 11 is 0. The number of hydrogen-bond acceptors (Lipinski definition) is 5. The Balaban J connectivity index is 1.41. The van der Waals surface area contributed by atoms with E-state index in [-0.39, 0.29) is 30.0 Å². The second-order valence-electron chi connectivity index (χ2n) is 10.1. The predicted molar refractivity (Wildman–Crippen MR) is 115 cm³/mol. The molecule has 3 N–H and O–H groups in total. The normalized spacial score (nSPS) is 34.4. The van der Waals surface area contributed by atoms with Gasteiger partial charge < -0.3 is 15.5 Å². The fourth-order valence-electron chi connectivity index (χ4n) is 6.85. The van der Waals surface area contributed by atoms with Gasteiger partial charge in [0.05, 0.1) is 17.8 Å². The molecule has 8 nitrogen and oxygen atoms in total. The van der Waals surface area contributed by atoms with Gasteiger partial charge >= 0.3 is 0 Å². The Kier molecular flexibility index (Phi) is 4.97. The highest BCUT2D eigenvalue weighted by molar-refractivity contribution is 5.97. The molecule has 3 aliphatic rings. The molecule has 0 aliphatic heterocycles. The maximum Gasteiger partial charge on any atom is 0.257 e. The summed E-state index contributed by atoms with van der Waals surface area (Å²) in [5, 5.41) is 32.6. The quantitative estimate of drug-likeness (QED) is 0.600. The van der Waals surface area contributed by atoms with Crippen molar-refractivity contribution in [3.63, 3.8) is 0 Å². The number of aromatic nitrogens is 4. The minimum absolute atomic E-state index is 0.00356. The number of aliphatic hydroxyl groups excluding tert-OH is 1. The molecule has 3 fully saturated rings. The molecule has 5 rings (SSSR count). The van der Waals surface area contributed by atoms with Crippen LogP contribution >= 0.6 is 0 Å². The number of nitrogens with zero attached hydrogens (tertiary/aromatic N) is 4. The number of amides is 1. The van der Waals surface area contributed by atoms with Crippen molar-refractivity contribution in [2.75, 3.05) is 6.61 Å². The molecule has 0 aromatic carbocycles. The number of aliphatic hydroxyl groups is 2. The summed E-state index contributed by atoms with van der Waals surface area (Å²) in [4.78, 5) is 13.4. The summed E-state index contributed by atoms with van der Waals surface area (Å²) in [5.41, 5.74) is 0.0287. The van der Waals surface area contributed by atoms with E-state index in [2.05, 4.69) is 29.4 Å². The first-order valence-corrected chi connectivity index (χ1v) is 11.6. The highest BCUT2D eigenvalue weighted by atomic mass is 16.3. The van der Waals surface area contributed by atoms with Gasteiger partial charge in [0.1, 0.15) is 5.56 Å². The second-order valence-corrected chi connectivity index (χ2v) is 10.1. The lowest BCUT2D eigenvalue weighted by Crippen LogP contribution is -2.41. The van der Waals surface area contributed by atoms with Crippen LogP contribution in [0.25, 0.3) is 5.82 Å². The number of carbonyl (C=O) groups is 1. The van der Waals surface area contributed by atoms with Gasteiger partial charge in [-0.1, -0.05) is 20.3 Å². The van der Waals surface area contributed by atoms with E-state index in [9.17, 15) is 15.0 Å². The summed E-state index contributed by atoms with van der Waals surface area (Å²) < 4.78 is 3.53. The Morgan fingerprint density at radius 3 is 2.87 bits per heavy atom. The number of rotatable bonds is 8. The van der Waals surface area contributed by atoms with Crippen LogP contribution in [0.1, 0.15) is 75.2 Å². The van der Waals surface area contributed by atoms with Crippen LogP contribution < -0.4 is 5.32 Å². The monoisotopic (exact) mass is 427 g/mol. The standard InChI is InChI=1S/C23H33N5O3/c1-3-5-16(6-9-29)28-21(27-8-4-7-24-27)17(13-25-28)20(30)26-19-18-12-22(31)10-15(2)11-23(18,19)14-22/h4,7-8,13,15-16,18-19,29,31H,3,5-6,9-12,14H2,1-2H3,(H,26,30)/t15?,16?,18?,19-,22-,23?/m1/s1. The van der Waals surface area contributed by atoms with E-state index in [4.69, 9.17) is 0 Å². The van der Waals surface area contributed by atoms with Crippen molar-refractivity contribution in [2.45, 2.75) is 76.5 Å². The fraction of sp³-hybridized carbons (Fsp3) is 0.696. The van der Waals surface area contributed by atoms with E-state index in [1.807, 2.05) is 16.9 Å². The van der Waals surface area contributed by atoms with Crippen molar-refractivity contribution in [1.82, 2.24) is 24.9 Å². The second kappa shape index (κ2) is 7.45. The maximum absolute atomic E-state index is 13.4. The van der Waals surface area contributed by atoms with E-state index in [1.165, 1.54) is 0 Å². The van der Waals surface area contributed by atoms with Crippen LogP contribution in [0, 0.1) is 17.3 Å². The third-order valence-electron chi connectivity index (χ3n) is 7.82. The lowest BCUT2D eigenvalue weighted by molar-refractivity contribution is -0.0216. The third kappa shape index (κ3) is 3.31. The molecule has 31 heavy (non-hydrogen) atoms. The van der Waals surface area contributed by atoms with Crippen molar-refractivity contribution in [3.05, 3.63) is 30.2 Å². The van der Waals surface area contributed by atoms with Crippen molar-refractivity contribution in [2.24, 2.45) is 17.3 Å². The van der Waals surface area contributed by atoms with Crippen LogP contribution in [0.5, 0.6) is 0 Å². The van der Waals surface area contributed by atoms with Crippen molar-refractivity contribution < 1.29 is 15.0 Å². The van der Waals surface area contributed by atoms with Crippen LogP contribution in [0.4, 0.5) is 0 Å². The Morgan fingerprint density at radius 1 is 1.32 bits per heavy atom. The van der Waals surface area contributed by atoms with Gasteiger partial charge in [-0.15, -0.1) is 0 Å². The topological polar surface area (TPSA) is 105 Å². The summed E-state index contributed by atoms with van der Waals surface area (Å²) in [6.45, 7) is 4.38. The highest BCUT2D eigenvalue weighted by Gasteiger charge is 2.74. The third-order valence-corrected chi connectivity index (χ3v) is 7.82. The van der Waals surface area contributed by atoms with Gasteiger partial charge in [-0.25, -0.2) is 9.36 Å². The zero-order valence-corrected chi connectivity index (χ0v) is 18.4. The molecule has 6 atom stereocenters. The molecule has 2 aromatic rings. The molecule has 8 heteroatoms. The van der Waals surface area contributed by atoms with Crippen LogP contribution in [-0.2, 0) is 0 Å². The van der Waals surface area contributed by atoms with Crippen LogP contribution in [0.2, 0.25) is 0 Å². The first-order valence-electron chi connectivity index (χ1n) is 11.6. The average Bonchev–Trinajstić information content (AvgIpc) is 3.22. The molecule has 2 heterocycles. The van der Waals surface area contributed by atoms with Gasteiger partial charge in [-0.2, -0.15) is 10.2 Å². The van der Waals surface area contributed by atoms with Gasteiger partial charge in [0.2, 0.25) is 0 Å². The molecule has 168 valence electrons. The van der Waals surface area contributed by atoms with Crippen LogP contribution in [0.3, 0.4) is 0 Å². The SMILES string of the molecule is CCCC(CCO)n1ncc(C(=O)N[C@@H]2C3C[C@]4(O)CC(C)CC32C4)c1-n1cccn1. The van der Waals surface area contributed by atoms with Gasteiger partial charge in [0, 0.05) is 25.0 Å². The first-order chi connectivity index (χ1) is 14.9. The molecule has 4 unspecified atom stereocenters. The molecule has 2 bridgehead atoms. The van der Waals surface area contributed by atoms with Crippen LogP contribution in [-0.4, -0.2) is 53.9 Å². The van der Waals surface area contributed by atoms with Crippen LogP contribution in [0.15, 0.2) is 24.7 Å².